The molecule has 1 fully saturated rings. The number of allylic oxidation sites excluding steroid dienone is 2. The number of phenols is 2. The summed E-state index contributed by atoms with van der Waals surface area (Å²) in [6, 6.07) is 10.4. The molecule has 0 aromatic heterocycles. The predicted octanol–water partition coefficient (Wildman–Crippen LogP) is 1.59. The SMILES string of the molecule is COc1cc(C2=C(OC3O[C@H](COC(=O)/C=C/c4ccc(O)cc4)[C@@H](O)[C@H](O)[C@H]3O)C=C3C(O)=CC(O)=CC3[OH+]2)ccc1O. The molecule has 44 heavy (non-hydrogen) atoms. The first-order chi connectivity index (χ1) is 21.0. The van der Waals surface area contributed by atoms with E-state index >= 15 is 0 Å². The number of benzene rings is 2. The minimum Gasteiger partial charge on any atom is -0.571 e. The van der Waals surface area contributed by atoms with E-state index in [4.69, 9.17) is 18.9 Å². The maximum atomic E-state index is 12.3. The van der Waals surface area contributed by atoms with Gasteiger partial charge in [0, 0.05) is 24.3 Å². The molecule has 0 saturated carbocycles. The van der Waals surface area contributed by atoms with Gasteiger partial charge in [0.05, 0.1) is 24.3 Å². The van der Waals surface area contributed by atoms with Gasteiger partial charge in [0.15, 0.2) is 11.5 Å². The van der Waals surface area contributed by atoms with Crippen LogP contribution in [0.25, 0.3) is 11.8 Å². The molecule has 232 valence electrons. The summed E-state index contributed by atoms with van der Waals surface area (Å²) in [5, 5.41) is 71.8. The third kappa shape index (κ3) is 6.50. The molecule has 5 rings (SSSR count). The number of ether oxygens (including phenoxy) is 5. The van der Waals surface area contributed by atoms with Crippen LogP contribution < -0.4 is 4.74 Å². The number of rotatable bonds is 8. The number of aliphatic hydroxyl groups excluding tert-OH is 5. The zero-order valence-electron chi connectivity index (χ0n) is 23.2. The van der Waals surface area contributed by atoms with Crippen molar-refractivity contribution in [3.63, 3.8) is 0 Å². The van der Waals surface area contributed by atoms with Gasteiger partial charge in [-0.05, 0) is 35.9 Å². The normalized spacial score (nSPS) is 26.6. The monoisotopic (exact) mass is 611 g/mol. The Balaban J connectivity index is 1.38. The van der Waals surface area contributed by atoms with E-state index < -0.39 is 49.4 Å². The van der Waals surface area contributed by atoms with E-state index in [1.807, 2.05) is 0 Å². The molecular formula is C31H31O13+. The van der Waals surface area contributed by atoms with Gasteiger partial charge in [-0.3, -0.25) is 0 Å². The van der Waals surface area contributed by atoms with Gasteiger partial charge in [0.1, 0.15) is 48.3 Å². The van der Waals surface area contributed by atoms with Crippen LogP contribution in [0.3, 0.4) is 0 Å². The Kier molecular flexibility index (Phi) is 8.83. The van der Waals surface area contributed by atoms with Gasteiger partial charge in [-0.1, -0.05) is 12.1 Å². The summed E-state index contributed by atoms with van der Waals surface area (Å²) in [7, 11) is 1.36. The number of fused-ring (bicyclic) bond motifs is 1. The van der Waals surface area contributed by atoms with Crippen molar-refractivity contribution in [3.8, 4) is 17.2 Å². The second kappa shape index (κ2) is 12.7. The molecule has 2 aromatic rings. The maximum Gasteiger partial charge on any atom is 0.330 e. The van der Waals surface area contributed by atoms with Gasteiger partial charge in [-0.15, -0.1) is 0 Å². The van der Waals surface area contributed by atoms with Crippen molar-refractivity contribution < 1.29 is 64.2 Å². The molecule has 2 aromatic carbocycles. The van der Waals surface area contributed by atoms with Crippen LogP contribution in [0.2, 0.25) is 0 Å². The molecule has 6 atom stereocenters. The number of carbonyl (C=O) groups excluding carboxylic acids is 1. The van der Waals surface area contributed by atoms with Gasteiger partial charge in [0.25, 0.3) is 0 Å². The van der Waals surface area contributed by atoms with E-state index in [-0.39, 0.29) is 45.9 Å². The van der Waals surface area contributed by atoms with Crippen molar-refractivity contribution in [3.05, 3.63) is 101 Å². The van der Waals surface area contributed by atoms with Crippen LogP contribution in [0, 0.1) is 0 Å². The van der Waals surface area contributed by atoms with E-state index in [1.165, 1.54) is 55.7 Å². The topological polar surface area (TPSA) is 208 Å². The molecule has 0 bridgehead atoms. The van der Waals surface area contributed by atoms with Gasteiger partial charge in [-0.2, -0.15) is 0 Å². The fourth-order valence-electron chi connectivity index (χ4n) is 4.72. The summed E-state index contributed by atoms with van der Waals surface area (Å²) in [6.45, 7) is -0.508. The smallest absolute Gasteiger partial charge is 0.330 e. The lowest BCUT2D eigenvalue weighted by Gasteiger charge is -2.40. The Morgan fingerprint density at radius 1 is 0.977 bits per heavy atom. The predicted molar refractivity (Wildman–Crippen MR) is 153 cm³/mol. The Bertz CT molecular complexity index is 1550. The van der Waals surface area contributed by atoms with Crippen LogP contribution in [0.5, 0.6) is 17.2 Å². The third-order valence-electron chi connectivity index (χ3n) is 7.08. The average molecular weight is 612 g/mol. The highest BCUT2D eigenvalue weighted by Gasteiger charge is 2.47. The van der Waals surface area contributed by atoms with Gasteiger partial charge in [-0.25, -0.2) is 4.79 Å². The molecule has 1 saturated heterocycles. The lowest BCUT2D eigenvalue weighted by Crippen LogP contribution is -2.59. The third-order valence-corrected chi connectivity index (χ3v) is 7.08. The highest BCUT2D eigenvalue weighted by molar-refractivity contribution is 5.87. The Hall–Kier alpha value is -4.95. The number of hydrogen-bond donors (Lipinski definition) is 7. The van der Waals surface area contributed by atoms with Crippen LogP contribution >= 0.6 is 0 Å². The van der Waals surface area contributed by atoms with Crippen LogP contribution in [0.15, 0.2) is 89.6 Å². The first-order valence-electron chi connectivity index (χ1n) is 13.4. The van der Waals surface area contributed by atoms with Crippen molar-refractivity contribution in [2.75, 3.05) is 13.7 Å². The Morgan fingerprint density at radius 3 is 2.45 bits per heavy atom. The molecule has 13 nitrogen and oxygen atoms in total. The highest BCUT2D eigenvalue weighted by Crippen LogP contribution is 2.38. The van der Waals surface area contributed by atoms with E-state index in [0.717, 1.165) is 12.2 Å². The molecule has 0 amide bonds. The number of methoxy groups -OCH3 is 1. The minimum absolute atomic E-state index is 0.0288. The molecule has 2 unspecified atom stereocenters. The Morgan fingerprint density at radius 2 is 1.73 bits per heavy atom. The molecule has 1 aliphatic carbocycles. The zero-order valence-corrected chi connectivity index (χ0v) is 23.2. The average Bonchev–Trinajstić information content (AvgIpc) is 3.00. The standard InChI is InChI=1S/C31H30O13/c1-40-23-10-16(5-8-20(23)34)30-24(13-19-21(35)11-18(33)12-22(19)42-30)43-31-29(39)28(38)27(37)25(44-31)14-41-26(36)9-4-15-2-6-17(32)7-3-15/h2-13,22,25,27-29,31-35,37-39H,14H2,1H3/p+1/b9-4+/t22?,25-,27-,28+,29-,31?/m1/s1. The van der Waals surface area contributed by atoms with E-state index in [9.17, 15) is 40.5 Å². The van der Waals surface area contributed by atoms with E-state index in [0.29, 0.717) is 11.1 Å². The Labute approximate surface area is 250 Å². The van der Waals surface area contributed by atoms with Crippen molar-refractivity contribution in [1.82, 2.24) is 0 Å². The highest BCUT2D eigenvalue weighted by atomic mass is 16.7. The molecule has 8 N–H and O–H groups in total. The summed E-state index contributed by atoms with van der Waals surface area (Å²) in [5.41, 5.74) is 1.27. The van der Waals surface area contributed by atoms with Crippen molar-refractivity contribution in [1.29, 1.82) is 0 Å². The van der Waals surface area contributed by atoms with E-state index in [1.54, 1.807) is 12.1 Å². The van der Waals surface area contributed by atoms with Crippen molar-refractivity contribution in [2.45, 2.75) is 36.8 Å². The molecule has 3 aliphatic rings. The molecular weight excluding hydrogens is 580 g/mol. The molecule has 2 aliphatic heterocycles. The number of aromatic hydroxyl groups is 2. The lowest BCUT2D eigenvalue weighted by atomic mass is 9.96. The largest absolute Gasteiger partial charge is 0.571 e. The van der Waals surface area contributed by atoms with Crippen molar-refractivity contribution >= 4 is 17.8 Å². The number of carbonyl (C=O) groups is 1. The minimum atomic E-state index is -1.76. The summed E-state index contributed by atoms with van der Waals surface area (Å²) < 4.78 is 26.7. The summed E-state index contributed by atoms with van der Waals surface area (Å²) in [4.78, 5) is 12.3. The second-order valence-corrected chi connectivity index (χ2v) is 10.1. The quantitative estimate of drug-likeness (QED) is 0.129. The zero-order chi connectivity index (χ0) is 31.5. The summed E-state index contributed by atoms with van der Waals surface area (Å²) >= 11 is 0. The van der Waals surface area contributed by atoms with Crippen LogP contribution in [0.4, 0.5) is 0 Å². The number of aliphatic hydroxyl groups is 7. The molecule has 13 heteroatoms. The molecule has 0 spiro atoms. The molecule has 0 radical (unpaired) electrons. The second-order valence-electron chi connectivity index (χ2n) is 10.1. The fraction of sp³-hybridized carbons (Fsp3) is 0.258. The maximum absolute atomic E-state index is 12.3. The van der Waals surface area contributed by atoms with Crippen LogP contribution in [0.1, 0.15) is 11.1 Å². The van der Waals surface area contributed by atoms with E-state index in [2.05, 4.69) is 4.74 Å². The van der Waals surface area contributed by atoms with Crippen LogP contribution in [-0.4, -0.2) is 97.0 Å². The van der Waals surface area contributed by atoms with Crippen molar-refractivity contribution in [2.24, 2.45) is 0 Å². The number of hydrogen-bond acceptors (Lipinski definition) is 12. The number of esters is 1. The first-order valence-corrected chi connectivity index (χ1v) is 13.4. The fourth-order valence-corrected chi connectivity index (χ4v) is 4.72. The van der Waals surface area contributed by atoms with Gasteiger partial charge < -0.3 is 59.4 Å². The van der Waals surface area contributed by atoms with Gasteiger partial charge >= 0.3 is 11.7 Å². The lowest BCUT2D eigenvalue weighted by molar-refractivity contribution is -0.291. The summed E-state index contributed by atoms with van der Waals surface area (Å²) in [6.07, 6.45) is -2.38. The molecule has 2 heterocycles. The first kappa shape index (κ1) is 30.5. The van der Waals surface area contributed by atoms with Crippen LogP contribution in [-0.2, 0) is 19.0 Å². The van der Waals surface area contributed by atoms with Gasteiger partial charge in [0.2, 0.25) is 18.2 Å². The summed E-state index contributed by atoms with van der Waals surface area (Å²) in [5.74, 6) is -1.09. The number of phenolic OH excluding ortho intramolecular Hbond substituents is 2.